The number of rotatable bonds is 6. The Morgan fingerprint density at radius 3 is 2.88 bits per heavy atom. The second kappa shape index (κ2) is 9.35. The fourth-order valence-electron chi connectivity index (χ4n) is 3.69. The number of aromatic nitrogens is 4. The molecule has 1 aliphatic heterocycles. The van der Waals surface area contributed by atoms with E-state index in [1.165, 1.54) is 27.8 Å². The molecule has 0 radical (unpaired) electrons. The SMILES string of the molecule is COc1cccc(C2SCC(=O)N2c2nnc(CNn3c(C)nc4ccc(Br)cc4c3=O)s2)c1. The molecule has 5 rings (SSSR count). The van der Waals surface area contributed by atoms with E-state index in [9.17, 15) is 9.59 Å². The van der Waals surface area contributed by atoms with Crippen LogP contribution in [0.3, 0.4) is 0 Å². The average Bonchev–Trinajstić information content (AvgIpc) is 3.45. The van der Waals surface area contributed by atoms with Crippen LogP contribution < -0.4 is 20.6 Å². The molecule has 1 fully saturated rings. The van der Waals surface area contributed by atoms with E-state index in [2.05, 4.69) is 36.5 Å². The lowest BCUT2D eigenvalue weighted by Crippen LogP contribution is -2.31. The number of ether oxygens (including phenoxy) is 1. The number of amides is 1. The number of nitrogens with zero attached hydrogens (tertiary/aromatic N) is 5. The van der Waals surface area contributed by atoms with Crippen molar-refractivity contribution in [3.63, 3.8) is 0 Å². The second-order valence-corrected chi connectivity index (χ2v) is 10.5. The molecule has 34 heavy (non-hydrogen) atoms. The zero-order valence-electron chi connectivity index (χ0n) is 18.2. The van der Waals surface area contributed by atoms with Crippen LogP contribution in [-0.4, -0.2) is 38.6 Å². The minimum absolute atomic E-state index is 0.0233. The highest BCUT2D eigenvalue weighted by Crippen LogP contribution is 2.43. The van der Waals surface area contributed by atoms with Gasteiger partial charge in [0.1, 0.15) is 22.0 Å². The Morgan fingerprint density at radius 1 is 1.21 bits per heavy atom. The first-order chi connectivity index (χ1) is 16.4. The first-order valence-corrected chi connectivity index (χ1v) is 12.9. The number of thioether (sulfide) groups is 1. The van der Waals surface area contributed by atoms with Gasteiger partial charge in [0.15, 0.2) is 0 Å². The zero-order chi connectivity index (χ0) is 23.8. The van der Waals surface area contributed by atoms with E-state index in [-0.39, 0.29) is 23.4 Å². The zero-order valence-corrected chi connectivity index (χ0v) is 21.4. The first kappa shape index (κ1) is 22.8. The van der Waals surface area contributed by atoms with Gasteiger partial charge in [-0.3, -0.25) is 14.5 Å². The minimum Gasteiger partial charge on any atom is -0.497 e. The van der Waals surface area contributed by atoms with Crippen LogP contribution in [0.2, 0.25) is 0 Å². The largest absolute Gasteiger partial charge is 0.497 e. The summed E-state index contributed by atoms with van der Waals surface area (Å²) in [6.07, 6.45) is 0. The molecule has 1 N–H and O–H groups in total. The van der Waals surface area contributed by atoms with Gasteiger partial charge in [0.05, 0.1) is 30.3 Å². The van der Waals surface area contributed by atoms with Crippen LogP contribution in [0.4, 0.5) is 5.13 Å². The number of benzene rings is 2. The molecular formula is C22H19BrN6O3S2. The van der Waals surface area contributed by atoms with Crippen LogP contribution in [0.1, 0.15) is 21.8 Å². The number of carbonyl (C=O) groups excluding carboxylic acids is 1. The number of aryl methyl sites for hydroxylation is 1. The summed E-state index contributed by atoms with van der Waals surface area (Å²) in [5, 5.41) is 9.97. The topological polar surface area (TPSA) is 102 Å². The van der Waals surface area contributed by atoms with Crippen LogP contribution in [0.25, 0.3) is 10.9 Å². The lowest BCUT2D eigenvalue weighted by atomic mass is 10.2. The molecule has 2 aromatic carbocycles. The van der Waals surface area contributed by atoms with Crippen molar-refractivity contribution in [2.45, 2.75) is 18.8 Å². The summed E-state index contributed by atoms with van der Waals surface area (Å²) in [5.41, 5.74) is 4.49. The molecule has 1 amide bonds. The third-order valence-electron chi connectivity index (χ3n) is 5.30. The van der Waals surface area contributed by atoms with Crippen LogP contribution in [-0.2, 0) is 11.3 Å². The molecule has 174 valence electrons. The molecular weight excluding hydrogens is 540 g/mol. The maximum absolute atomic E-state index is 13.0. The van der Waals surface area contributed by atoms with E-state index in [1.54, 1.807) is 31.1 Å². The maximum atomic E-state index is 13.0. The summed E-state index contributed by atoms with van der Waals surface area (Å²) in [7, 11) is 1.62. The van der Waals surface area contributed by atoms with E-state index in [4.69, 9.17) is 4.74 Å². The van der Waals surface area contributed by atoms with E-state index in [1.807, 2.05) is 30.3 Å². The summed E-state index contributed by atoms with van der Waals surface area (Å²) in [4.78, 5) is 31.8. The summed E-state index contributed by atoms with van der Waals surface area (Å²) in [6, 6.07) is 13.1. The monoisotopic (exact) mass is 558 g/mol. The fourth-order valence-corrected chi connectivity index (χ4v) is 6.08. The fraction of sp³-hybridized carbons (Fsp3) is 0.227. The molecule has 0 bridgehead atoms. The predicted molar refractivity (Wildman–Crippen MR) is 137 cm³/mol. The van der Waals surface area contributed by atoms with Gasteiger partial charge in [-0.05, 0) is 42.8 Å². The number of anilines is 1. The highest BCUT2D eigenvalue weighted by molar-refractivity contribution is 9.10. The molecule has 1 atom stereocenters. The Bertz CT molecular complexity index is 1460. The summed E-state index contributed by atoms with van der Waals surface area (Å²) in [5.74, 6) is 1.61. The number of carbonyl (C=O) groups is 1. The van der Waals surface area contributed by atoms with E-state index >= 15 is 0 Å². The molecule has 2 aromatic heterocycles. The van der Waals surface area contributed by atoms with Crippen molar-refractivity contribution in [1.82, 2.24) is 19.9 Å². The third-order valence-corrected chi connectivity index (χ3v) is 7.92. The molecule has 0 aliphatic carbocycles. The van der Waals surface area contributed by atoms with Gasteiger partial charge < -0.3 is 10.2 Å². The number of fused-ring (bicyclic) bond motifs is 1. The molecule has 1 saturated heterocycles. The Hall–Kier alpha value is -2.96. The molecule has 0 spiro atoms. The maximum Gasteiger partial charge on any atom is 0.279 e. The standard InChI is InChI=1S/C22H19BrN6O3S2/c1-12-25-17-7-6-14(23)9-16(17)20(31)29(12)24-10-18-26-27-22(34-18)28-19(30)11-33-21(28)13-4-3-5-15(8-13)32-2/h3-9,21,24H,10-11H2,1-2H3. The molecule has 4 aromatic rings. The van der Waals surface area contributed by atoms with Gasteiger partial charge in [-0.25, -0.2) is 9.66 Å². The highest BCUT2D eigenvalue weighted by atomic mass is 79.9. The van der Waals surface area contributed by atoms with Crippen LogP contribution >= 0.6 is 39.0 Å². The van der Waals surface area contributed by atoms with Crippen molar-refractivity contribution < 1.29 is 9.53 Å². The molecule has 3 heterocycles. The van der Waals surface area contributed by atoms with Crippen molar-refractivity contribution in [3.05, 3.63) is 73.7 Å². The Labute approximate surface area is 211 Å². The average molecular weight is 559 g/mol. The van der Waals surface area contributed by atoms with Crippen molar-refractivity contribution >= 4 is 61.0 Å². The quantitative estimate of drug-likeness (QED) is 0.380. The Balaban J connectivity index is 1.38. The molecule has 1 aliphatic rings. The molecule has 1 unspecified atom stereocenters. The van der Waals surface area contributed by atoms with Crippen molar-refractivity contribution in [1.29, 1.82) is 0 Å². The second-order valence-electron chi connectivity index (χ2n) is 7.48. The van der Waals surface area contributed by atoms with E-state index in [0.29, 0.717) is 32.6 Å². The van der Waals surface area contributed by atoms with E-state index < -0.39 is 0 Å². The summed E-state index contributed by atoms with van der Waals surface area (Å²) >= 11 is 6.25. The van der Waals surface area contributed by atoms with Crippen LogP contribution in [0, 0.1) is 6.92 Å². The van der Waals surface area contributed by atoms with Gasteiger partial charge in [0, 0.05) is 4.47 Å². The predicted octanol–water partition coefficient (Wildman–Crippen LogP) is 3.85. The smallest absolute Gasteiger partial charge is 0.279 e. The van der Waals surface area contributed by atoms with Gasteiger partial charge in [0.2, 0.25) is 11.0 Å². The summed E-state index contributed by atoms with van der Waals surface area (Å²) < 4.78 is 7.55. The third kappa shape index (κ3) is 4.28. The lowest BCUT2D eigenvalue weighted by molar-refractivity contribution is -0.115. The number of hydrogen-bond donors (Lipinski definition) is 1. The van der Waals surface area contributed by atoms with Gasteiger partial charge in [-0.1, -0.05) is 39.4 Å². The normalized spacial score (nSPS) is 15.8. The van der Waals surface area contributed by atoms with Crippen molar-refractivity contribution in [2.75, 3.05) is 23.2 Å². The minimum atomic E-state index is -0.204. The first-order valence-electron chi connectivity index (χ1n) is 10.3. The lowest BCUT2D eigenvalue weighted by Gasteiger charge is -2.21. The molecule has 9 nitrogen and oxygen atoms in total. The highest BCUT2D eigenvalue weighted by Gasteiger charge is 2.36. The number of halogens is 1. The number of methoxy groups -OCH3 is 1. The van der Waals surface area contributed by atoms with Crippen LogP contribution in [0.5, 0.6) is 5.75 Å². The van der Waals surface area contributed by atoms with Gasteiger partial charge >= 0.3 is 0 Å². The molecule has 12 heteroatoms. The van der Waals surface area contributed by atoms with Crippen molar-refractivity contribution in [2.24, 2.45) is 0 Å². The summed E-state index contributed by atoms with van der Waals surface area (Å²) in [6.45, 7) is 2.03. The van der Waals surface area contributed by atoms with Crippen molar-refractivity contribution in [3.8, 4) is 5.75 Å². The van der Waals surface area contributed by atoms with Crippen LogP contribution in [0.15, 0.2) is 51.7 Å². The van der Waals surface area contributed by atoms with Gasteiger partial charge in [-0.15, -0.1) is 22.0 Å². The number of hydrogen-bond acceptors (Lipinski definition) is 9. The van der Waals surface area contributed by atoms with Gasteiger partial charge in [-0.2, -0.15) is 0 Å². The van der Waals surface area contributed by atoms with E-state index in [0.717, 1.165) is 15.8 Å². The Morgan fingerprint density at radius 2 is 2.06 bits per heavy atom. The molecule has 0 saturated carbocycles. The van der Waals surface area contributed by atoms with Gasteiger partial charge in [0.25, 0.3) is 5.56 Å². The Kier molecular flexibility index (Phi) is 6.28. The number of nitrogens with one attached hydrogen (secondary N) is 1.